The molecule has 2 rings (SSSR count). The van der Waals surface area contributed by atoms with Crippen LogP contribution in [0.25, 0.3) is 0 Å². The molecule has 0 bridgehead atoms. The van der Waals surface area contributed by atoms with Crippen LogP contribution in [0.1, 0.15) is 11.1 Å². The fourth-order valence-corrected chi connectivity index (χ4v) is 1.96. The maximum absolute atomic E-state index is 5.26. The second-order valence-electron chi connectivity index (χ2n) is 4.53. The predicted octanol–water partition coefficient (Wildman–Crippen LogP) is 2.40. The van der Waals surface area contributed by atoms with Gasteiger partial charge in [-0.25, -0.2) is 4.98 Å². The molecule has 21 heavy (non-hydrogen) atoms. The van der Waals surface area contributed by atoms with Gasteiger partial charge in [-0.1, -0.05) is 6.07 Å². The molecule has 0 amide bonds. The molecule has 0 aliphatic heterocycles. The van der Waals surface area contributed by atoms with Gasteiger partial charge in [-0.3, -0.25) is 0 Å². The number of nitrogens with zero attached hydrogens (tertiary/aromatic N) is 1. The number of nitrogens with one attached hydrogen (secondary N) is 1. The molecule has 0 unspecified atom stereocenters. The van der Waals surface area contributed by atoms with E-state index in [1.54, 1.807) is 27.5 Å². The Balaban J connectivity index is 1.93. The third-order valence-electron chi connectivity index (χ3n) is 3.08. The van der Waals surface area contributed by atoms with Crippen molar-refractivity contribution in [3.8, 4) is 17.4 Å². The monoisotopic (exact) mass is 288 g/mol. The van der Waals surface area contributed by atoms with Crippen LogP contribution in [-0.4, -0.2) is 26.3 Å². The zero-order valence-electron chi connectivity index (χ0n) is 12.6. The quantitative estimate of drug-likeness (QED) is 0.848. The summed E-state index contributed by atoms with van der Waals surface area (Å²) in [5.74, 6) is 2.20. The van der Waals surface area contributed by atoms with Crippen molar-refractivity contribution in [3.05, 3.63) is 47.7 Å². The van der Waals surface area contributed by atoms with E-state index < -0.39 is 0 Å². The molecule has 2 aromatic rings. The van der Waals surface area contributed by atoms with Gasteiger partial charge >= 0.3 is 0 Å². The summed E-state index contributed by atoms with van der Waals surface area (Å²) in [5, 5.41) is 3.37. The van der Waals surface area contributed by atoms with Crippen LogP contribution in [0.4, 0.5) is 0 Å². The molecule has 0 atom stereocenters. The van der Waals surface area contributed by atoms with Crippen LogP contribution in [0.15, 0.2) is 36.5 Å². The fraction of sp³-hybridized carbons (Fsp3) is 0.312. The molecule has 0 aliphatic rings. The molecule has 0 radical (unpaired) electrons. The topological polar surface area (TPSA) is 52.6 Å². The summed E-state index contributed by atoms with van der Waals surface area (Å²) >= 11 is 0. The number of hydrogen-bond donors (Lipinski definition) is 1. The molecule has 1 aromatic carbocycles. The van der Waals surface area contributed by atoms with Crippen LogP contribution >= 0.6 is 0 Å². The van der Waals surface area contributed by atoms with Crippen LogP contribution in [0.2, 0.25) is 0 Å². The summed E-state index contributed by atoms with van der Waals surface area (Å²) in [7, 11) is 4.90. The fourth-order valence-electron chi connectivity index (χ4n) is 1.96. The van der Waals surface area contributed by atoms with E-state index in [9.17, 15) is 0 Å². The average molecular weight is 288 g/mol. The highest BCUT2D eigenvalue weighted by Gasteiger charge is 2.02. The van der Waals surface area contributed by atoms with E-state index in [1.807, 2.05) is 30.3 Å². The second kappa shape index (κ2) is 7.50. The highest BCUT2D eigenvalue weighted by molar-refractivity contribution is 5.38. The number of benzene rings is 1. The number of rotatable bonds is 7. The third-order valence-corrected chi connectivity index (χ3v) is 3.08. The lowest BCUT2D eigenvalue weighted by atomic mass is 10.2. The van der Waals surface area contributed by atoms with Crippen molar-refractivity contribution in [2.45, 2.75) is 13.1 Å². The largest absolute Gasteiger partial charge is 0.497 e. The Morgan fingerprint density at radius 1 is 0.857 bits per heavy atom. The Labute approximate surface area is 124 Å². The molecule has 5 nitrogen and oxygen atoms in total. The Bertz CT molecular complexity index is 548. The molecule has 0 fully saturated rings. The van der Waals surface area contributed by atoms with Crippen molar-refractivity contribution in [3.63, 3.8) is 0 Å². The minimum atomic E-state index is 0.622. The minimum absolute atomic E-state index is 0.622. The van der Waals surface area contributed by atoms with Crippen molar-refractivity contribution in [2.24, 2.45) is 0 Å². The first-order valence-corrected chi connectivity index (χ1v) is 6.66. The highest BCUT2D eigenvalue weighted by atomic mass is 16.5. The normalized spacial score (nSPS) is 10.2. The lowest BCUT2D eigenvalue weighted by molar-refractivity contribution is 0.393. The van der Waals surface area contributed by atoms with E-state index in [4.69, 9.17) is 14.2 Å². The number of aromatic nitrogens is 1. The summed E-state index contributed by atoms with van der Waals surface area (Å²) in [6.07, 6.45) is 1.80. The first kappa shape index (κ1) is 15.1. The summed E-state index contributed by atoms with van der Waals surface area (Å²) < 4.78 is 15.5. The van der Waals surface area contributed by atoms with Crippen LogP contribution in [0.5, 0.6) is 17.4 Å². The maximum Gasteiger partial charge on any atom is 0.212 e. The SMILES string of the molecule is COc1cc(CNCc2ccc(OC)nc2)cc(OC)c1. The van der Waals surface area contributed by atoms with Gasteiger partial charge in [0, 0.05) is 31.4 Å². The van der Waals surface area contributed by atoms with E-state index in [0.29, 0.717) is 5.88 Å². The van der Waals surface area contributed by atoms with Crippen molar-refractivity contribution in [1.82, 2.24) is 10.3 Å². The molecule has 112 valence electrons. The zero-order valence-corrected chi connectivity index (χ0v) is 12.6. The van der Waals surface area contributed by atoms with Gasteiger partial charge in [0.15, 0.2) is 0 Å². The maximum atomic E-state index is 5.26. The Kier molecular flexibility index (Phi) is 5.40. The zero-order chi connectivity index (χ0) is 15.1. The van der Waals surface area contributed by atoms with Gasteiger partial charge in [0.1, 0.15) is 11.5 Å². The Morgan fingerprint density at radius 2 is 1.52 bits per heavy atom. The average Bonchev–Trinajstić information content (AvgIpc) is 2.55. The van der Waals surface area contributed by atoms with Gasteiger partial charge in [-0.2, -0.15) is 0 Å². The third kappa shape index (κ3) is 4.36. The molecule has 1 heterocycles. The lowest BCUT2D eigenvalue weighted by Crippen LogP contribution is -2.13. The number of hydrogen-bond acceptors (Lipinski definition) is 5. The van der Waals surface area contributed by atoms with Crippen LogP contribution in [0, 0.1) is 0 Å². The predicted molar refractivity (Wildman–Crippen MR) is 80.9 cm³/mol. The molecular formula is C16H20N2O3. The van der Waals surface area contributed by atoms with E-state index in [0.717, 1.165) is 35.7 Å². The van der Waals surface area contributed by atoms with E-state index in [-0.39, 0.29) is 0 Å². The van der Waals surface area contributed by atoms with Gasteiger partial charge < -0.3 is 19.5 Å². The van der Waals surface area contributed by atoms with Crippen LogP contribution < -0.4 is 19.5 Å². The van der Waals surface area contributed by atoms with Gasteiger partial charge in [-0.05, 0) is 23.3 Å². The Morgan fingerprint density at radius 3 is 2.05 bits per heavy atom. The van der Waals surface area contributed by atoms with Gasteiger partial charge in [0.25, 0.3) is 0 Å². The summed E-state index contributed by atoms with van der Waals surface area (Å²) in [4.78, 5) is 4.18. The standard InChI is InChI=1S/C16H20N2O3/c1-19-14-6-13(7-15(8-14)20-2)10-17-9-12-4-5-16(21-3)18-11-12/h4-8,11,17H,9-10H2,1-3H3. The van der Waals surface area contributed by atoms with E-state index in [1.165, 1.54) is 0 Å². The van der Waals surface area contributed by atoms with Crippen molar-refractivity contribution < 1.29 is 14.2 Å². The van der Waals surface area contributed by atoms with Crippen LogP contribution in [-0.2, 0) is 13.1 Å². The molecule has 5 heteroatoms. The van der Waals surface area contributed by atoms with Gasteiger partial charge in [0.2, 0.25) is 5.88 Å². The minimum Gasteiger partial charge on any atom is -0.497 e. The number of ether oxygens (including phenoxy) is 3. The van der Waals surface area contributed by atoms with E-state index >= 15 is 0 Å². The Hall–Kier alpha value is -2.27. The summed E-state index contributed by atoms with van der Waals surface area (Å²) in [5.41, 5.74) is 2.21. The summed E-state index contributed by atoms with van der Waals surface area (Å²) in [6, 6.07) is 9.68. The molecule has 0 saturated carbocycles. The lowest BCUT2D eigenvalue weighted by Gasteiger charge is -2.09. The summed E-state index contributed by atoms with van der Waals surface area (Å²) in [6.45, 7) is 1.45. The van der Waals surface area contributed by atoms with Crippen molar-refractivity contribution >= 4 is 0 Å². The van der Waals surface area contributed by atoms with E-state index in [2.05, 4.69) is 10.3 Å². The molecule has 0 spiro atoms. The van der Waals surface area contributed by atoms with Crippen LogP contribution in [0.3, 0.4) is 0 Å². The number of pyridine rings is 1. The first-order valence-electron chi connectivity index (χ1n) is 6.66. The van der Waals surface area contributed by atoms with Gasteiger partial charge in [0.05, 0.1) is 21.3 Å². The first-order chi connectivity index (χ1) is 10.2. The molecule has 1 N–H and O–H groups in total. The molecule has 0 aliphatic carbocycles. The molecule has 0 saturated heterocycles. The highest BCUT2D eigenvalue weighted by Crippen LogP contribution is 2.22. The molecule has 1 aromatic heterocycles. The second-order valence-corrected chi connectivity index (χ2v) is 4.53. The van der Waals surface area contributed by atoms with Crippen molar-refractivity contribution in [2.75, 3.05) is 21.3 Å². The van der Waals surface area contributed by atoms with Gasteiger partial charge in [-0.15, -0.1) is 0 Å². The molecular weight excluding hydrogens is 268 g/mol. The number of methoxy groups -OCH3 is 3. The van der Waals surface area contributed by atoms with Crippen molar-refractivity contribution in [1.29, 1.82) is 0 Å². The smallest absolute Gasteiger partial charge is 0.212 e.